The number of phenols is 2. The molecule has 2 N–H and O–H groups in total. The quantitative estimate of drug-likeness (QED) is 0.315. The van der Waals surface area contributed by atoms with Gasteiger partial charge in [-0.1, -0.05) is 50.2 Å². The van der Waals surface area contributed by atoms with Gasteiger partial charge in [0.1, 0.15) is 11.5 Å². The number of rotatable bonds is 0. The summed E-state index contributed by atoms with van der Waals surface area (Å²) in [5, 5.41) is 24.4. The maximum atomic E-state index is 9.95. The summed E-state index contributed by atoms with van der Waals surface area (Å²) in [6, 6.07) is 20.0. The number of hydrogen-bond donors (Lipinski definition) is 2. The molecule has 0 fully saturated rings. The van der Waals surface area contributed by atoms with Crippen molar-refractivity contribution in [3.8, 4) is 11.5 Å². The van der Waals surface area contributed by atoms with Gasteiger partial charge in [0.2, 0.25) is 0 Å². The molecule has 4 aromatic rings. The Balaban J connectivity index is 1.68. The van der Waals surface area contributed by atoms with Crippen LogP contribution in [0.15, 0.2) is 66.4 Å². The van der Waals surface area contributed by atoms with Gasteiger partial charge in [-0.05, 0) is 92.7 Å². The van der Waals surface area contributed by atoms with Crippen molar-refractivity contribution in [2.75, 3.05) is 0 Å². The third-order valence-electron chi connectivity index (χ3n) is 7.03. The average Bonchev–Trinajstić information content (AvgIpc) is 3.24. The second-order valence-electron chi connectivity index (χ2n) is 9.17. The van der Waals surface area contributed by atoms with Crippen molar-refractivity contribution in [2.24, 2.45) is 11.8 Å². The Morgan fingerprint density at radius 1 is 0.645 bits per heavy atom. The molecule has 0 spiro atoms. The maximum absolute atomic E-state index is 9.95. The Hall–Kier alpha value is -3.48. The van der Waals surface area contributed by atoms with Gasteiger partial charge in [-0.25, -0.2) is 0 Å². The van der Waals surface area contributed by atoms with E-state index in [1.165, 1.54) is 44.2 Å². The van der Waals surface area contributed by atoms with E-state index in [0.29, 0.717) is 23.3 Å². The minimum Gasteiger partial charge on any atom is -0.508 e. The lowest BCUT2D eigenvalue weighted by Crippen LogP contribution is -1.93. The van der Waals surface area contributed by atoms with E-state index in [1.54, 1.807) is 12.1 Å². The molecule has 0 bridgehead atoms. The number of hydrogen-bond acceptors (Lipinski definition) is 2. The Morgan fingerprint density at radius 2 is 1.10 bits per heavy atom. The van der Waals surface area contributed by atoms with E-state index in [1.807, 2.05) is 24.3 Å². The van der Waals surface area contributed by atoms with Gasteiger partial charge >= 0.3 is 0 Å². The van der Waals surface area contributed by atoms with E-state index in [4.69, 9.17) is 0 Å². The number of allylic oxidation sites excluding steroid dienone is 1. The summed E-state index contributed by atoms with van der Waals surface area (Å²) in [6.07, 6.45) is 2.04. The molecule has 0 saturated heterocycles. The predicted molar refractivity (Wildman–Crippen MR) is 127 cm³/mol. The van der Waals surface area contributed by atoms with Crippen LogP contribution in [0, 0.1) is 11.8 Å². The molecule has 152 valence electrons. The van der Waals surface area contributed by atoms with Crippen LogP contribution in [-0.4, -0.2) is 10.2 Å². The van der Waals surface area contributed by atoms with E-state index in [2.05, 4.69) is 43.8 Å². The molecule has 0 aliphatic heterocycles. The molecule has 31 heavy (non-hydrogen) atoms. The van der Waals surface area contributed by atoms with Crippen LogP contribution in [0.3, 0.4) is 0 Å². The number of benzene rings is 4. The predicted octanol–water partition coefficient (Wildman–Crippen LogP) is 6.85. The minimum absolute atomic E-state index is 0.301. The summed E-state index contributed by atoms with van der Waals surface area (Å²) in [5.74, 6) is 1.40. The van der Waals surface area contributed by atoms with Gasteiger partial charge in [0.15, 0.2) is 0 Å². The normalized spacial score (nSPS) is 19.7. The van der Waals surface area contributed by atoms with Gasteiger partial charge in [-0.15, -0.1) is 5.73 Å². The highest BCUT2D eigenvalue weighted by Gasteiger charge is 2.29. The minimum atomic E-state index is 0.301. The number of aromatic hydroxyl groups is 2. The third-order valence-corrected chi connectivity index (χ3v) is 7.03. The molecule has 0 aromatic heterocycles. The van der Waals surface area contributed by atoms with Gasteiger partial charge < -0.3 is 10.2 Å². The van der Waals surface area contributed by atoms with Crippen molar-refractivity contribution in [2.45, 2.75) is 26.7 Å². The molecule has 2 unspecified atom stereocenters. The first-order valence-corrected chi connectivity index (χ1v) is 11.0. The molecule has 0 amide bonds. The average molecular weight is 405 g/mol. The molecule has 6 rings (SSSR count). The number of fused-ring (bicyclic) bond motifs is 6. The van der Waals surface area contributed by atoms with Gasteiger partial charge in [0.25, 0.3) is 0 Å². The zero-order valence-corrected chi connectivity index (χ0v) is 17.7. The third kappa shape index (κ3) is 2.72. The Bertz CT molecular complexity index is 1360. The van der Waals surface area contributed by atoms with Gasteiger partial charge in [0.05, 0.1) is 0 Å². The largest absolute Gasteiger partial charge is 0.508 e. The second kappa shape index (κ2) is 6.51. The molecule has 2 heteroatoms. The zero-order valence-electron chi connectivity index (χ0n) is 17.7. The van der Waals surface area contributed by atoms with Crippen LogP contribution in [0.2, 0.25) is 0 Å². The van der Waals surface area contributed by atoms with Crippen LogP contribution >= 0.6 is 0 Å². The first-order valence-electron chi connectivity index (χ1n) is 11.0. The fraction of sp³-hybridized carbons (Fsp3) is 0.207. The van der Waals surface area contributed by atoms with Gasteiger partial charge in [0, 0.05) is 11.1 Å². The molecule has 0 radical (unpaired) electrons. The Labute approximate surface area is 181 Å². The summed E-state index contributed by atoms with van der Waals surface area (Å²) in [4.78, 5) is 0. The first kappa shape index (κ1) is 18.3. The van der Waals surface area contributed by atoms with Crippen LogP contribution in [0.5, 0.6) is 11.5 Å². The Kier molecular flexibility index (Phi) is 3.84. The van der Waals surface area contributed by atoms with E-state index in [9.17, 15) is 10.2 Å². The van der Waals surface area contributed by atoms with E-state index < -0.39 is 0 Å². The summed E-state index contributed by atoms with van der Waals surface area (Å²) in [6.45, 7) is 4.58. The summed E-state index contributed by atoms with van der Waals surface area (Å²) in [7, 11) is 0. The Morgan fingerprint density at radius 3 is 1.55 bits per heavy atom. The van der Waals surface area contributed by atoms with E-state index >= 15 is 0 Å². The van der Waals surface area contributed by atoms with Gasteiger partial charge in [-0.3, -0.25) is 0 Å². The van der Waals surface area contributed by atoms with Crippen LogP contribution in [0.25, 0.3) is 32.7 Å². The van der Waals surface area contributed by atoms with Crippen molar-refractivity contribution in [3.05, 3.63) is 88.6 Å². The van der Waals surface area contributed by atoms with Crippen LogP contribution < -0.4 is 0 Å². The molecule has 2 aliphatic carbocycles. The monoisotopic (exact) mass is 404 g/mol. The van der Waals surface area contributed by atoms with Crippen molar-refractivity contribution >= 4 is 32.7 Å². The molecule has 4 aromatic carbocycles. The lowest BCUT2D eigenvalue weighted by atomic mass is 9.92. The smallest absolute Gasteiger partial charge is 0.116 e. The maximum Gasteiger partial charge on any atom is 0.116 e. The number of phenolic OH excluding ortho intramolecular Hbond substituents is 2. The fourth-order valence-electron chi connectivity index (χ4n) is 5.57. The van der Waals surface area contributed by atoms with Crippen LogP contribution in [-0.2, 0) is 12.8 Å². The highest BCUT2D eigenvalue weighted by atomic mass is 16.3. The molecular weight excluding hydrogens is 380 g/mol. The topological polar surface area (TPSA) is 40.5 Å². The van der Waals surface area contributed by atoms with Crippen molar-refractivity contribution in [3.63, 3.8) is 0 Å². The molecule has 2 atom stereocenters. The molecule has 2 aliphatic rings. The van der Waals surface area contributed by atoms with E-state index in [-0.39, 0.29) is 0 Å². The molecular formula is C29H24O2. The molecule has 0 saturated carbocycles. The van der Waals surface area contributed by atoms with E-state index in [0.717, 1.165) is 23.6 Å². The highest BCUT2D eigenvalue weighted by molar-refractivity contribution is 6.01. The van der Waals surface area contributed by atoms with Gasteiger partial charge in [-0.2, -0.15) is 0 Å². The molecule has 2 nitrogen and oxygen atoms in total. The highest BCUT2D eigenvalue weighted by Crippen LogP contribution is 2.45. The standard InChI is InChI=1S/C29H24O2/c1-16-11-20-5-3-18-13-22(30)7-9-24(18)28(20)26(16)15-27-17(2)12-21-6-4-19-14-23(31)8-10-25(19)29(21)27/h3-10,13-14,16-17,30-31H,11-12H2,1-2H3. The van der Waals surface area contributed by atoms with Crippen molar-refractivity contribution < 1.29 is 10.2 Å². The van der Waals surface area contributed by atoms with Crippen LogP contribution in [0.1, 0.15) is 36.1 Å². The first-order chi connectivity index (χ1) is 15.0. The molecule has 0 heterocycles. The van der Waals surface area contributed by atoms with Crippen LogP contribution in [0.4, 0.5) is 0 Å². The van der Waals surface area contributed by atoms with Crippen molar-refractivity contribution in [1.82, 2.24) is 0 Å². The second-order valence-corrected chi connectivity index (χ2v) is 9.17. The summed E-state index contributed by atoms with van der Waals surface area (Å²) >= 11 is 0. The zero-order chi connectivity index (χ0) is 21.3. The van der Waals surface area contributed by atoms with Crippen molar-refractivity contribution in [1.29, 1.82) is 0 Å². The summed E-state index contributed by atoms with van der Waals surface area (Å²) in [5.41, 5.74) is 11.8. The lowest BCUT2D eigenvalue weighted by Gasteiger charge is -2.11. The summed E-state index contributed by atoms with van der Waals surface area (Å²) < 4.78 is 0. The lowest BCUT2D eigenvalue weighted by molar-refractivity contribution is 0.475. The SMILES string of the molecule is CC1Cc2ccc3cc(O)ccc3c2C1=C=C1c2c(ccc3cc(O)ccc23)CC1C. The fourth-order valence-corrected chi connectivity index (χ4v) is 5.57.